The van der Waals surface area contributed by atoms with Gasteiger partial charge in [-0.05, 0) is 23.1 Å². The van der Waals surface area contributed by atoms with E-state index in [0.29, 0.717) is 10.4 Å². The molecule has 8 heteroatoms. The predicted molar refractivity (Wildman–Crippen MR) is 77.7 cm³/mol. The molecule has 0 saturated heterocycles. The summed E-state index contributed by atoms with van der Waals surface area (Å²) in [4.78, 5) is 24.3. The Morgan fingerprint density at radius 3 is 2.65 bits per heavy atom. The average molecular weight is 317 g/mol. The van der Waals surface area contributed by atoms with Crippen LogP contribution in [0.2, 0.25) is 0 Å². The van der Waals surface area contributed by atoms with E-state index >= 15 is 0 Å². The van der Waals surface area contributed by atoms with Gasteiger partial charge < -0.3 is 10.0 Å². The Morgan fingerprint density at radius 1 is 1.45 bits per heavy atom. The molecule has 0 bridgehead atoms. The Morgan fingerprint density at radius 2 is 2.10 bits per heavy atom. The van der Waals surface area contributed by atoms with Gasteiger partial charge >= 0.3 is 5.97 Å². The number of amides is 1. The lowest BCUT2D eigenvalue weighted by Gasteiger charge is -2.16. The molecule has 0 aromatic carbocycles. The molecule has 1 aromatic rings. The number of carbonyl (C=O) groups excluding carboxylic acids is 1. The lowest BCUT2D eigenvalue weighted by Crippen LogP contribution is -2.31. The number of carbonyl (C=O) groups is 2. The predicted octanol–water partition coefficient (Wildman–Crippen LogP) is 0.962. The van der Waals surface area contributed by atoms with Gasteiger partial charge in [0, 0.05) is 25.9 Å². The molecule has 0 aliphatic carbocycles. The van der Waals surface area contributed by atoms with Gasteiger partial charge in [0.1, 0.15) is 9.84 Å². The van der Waals surface area contributed by atoms with Crippen molar-refractivity contribution in [3.8, 4) is 0 Å². The average Bonchev–Trinajstić information content (AvgIpc) is 2.79. The number of thiophene rings is 1. The Kier molecular flexibility index (Phi) is 5.46. The van der Waals surface area contributed by atoms with Crippen LogP contribution in [-0.4, -0.2) is 55.9 Å². The van der Waals surface area contributed by atoms with Crippen LogP contribution in [0.1, 0.15) is 15.2 Å². The van der Waals surface area contributed by atoms with E-state index in [1.807, 2.05) is 0 Å². The molecular weight excluding hydrogens is 302 g/mol. The highest BCUT2D eigenvalue weighted by Crippen LogP contribution is 2.20. The van der Waals surface area contributed by atoms with Crippen LogP contribution in [0.4, 0.5) is 0 Å². The molecule has 110 valence electrons. The molecule has 0 spiro atoms. The molecule has 0 radical (unpaired) electrons. The fourth-order valence-corrected chi connectivity index (χ4v) is 2.85. The number of hydrogen-bond acceptors (Lipinski definition) is 5. The third kappa shape index (κ3) is 5.14. The minimum atomic E-state index is -3.14. The SMILES string of the molecule is CN(CCS(C)(=O)=O)C(=O)c1sccc1C=CC(=O)O. The van der Waals surface area contributed by atoms with Crippen molar-refractivity contribution in [2.24, 2.45) is 0 Å². The summed E-state index contributed by atoms with van der Waals surface area (Å²) in [6, 6.07) is 1.64. The third-order valence-corrected chi connectivity index (χ3v) is 4.28. The Labute approximate surface area is 121 Å². The van der Waals surface area contributed by atoms with Crippen LogP contribution in [0.5, 0.6) is 0 Å². The van der Waals surface area contributed by atoms with Gasteiger partial charge in [-0.25, -0.2) is 13.2 Å². The zero-order valence-corrected chi connectivity index (χ0v) is 12.7. The first kappa shape index (κ1) is 16.4. The molecule has 1 N–H and O–H groups in total. The largest absolute Gasteiger partial charge is 0.478 e. The van der Waals surface area contributed by atoms with Crippen molar-refractivity contribution in [2.75, 3.05) is 25.6 Å². The maximum atomic E-state index is 12.1. The van der Waals surface area contributed by atoms with Crippen molar-refractivity contribution >= 4 is 39.1 Å². The molecule has 0 fully saturated rings. The van der Waals surface area contributed by atoms with Crippen LogP contribution in [-0.2, 0) is 14.6 Å². The van der Waals surface area contributed by atoms with Crippen molar-refractivity contribution in [2.45, 2.75) is 0 Å². The standard InChI is InChI=1S/C12H15NO5S2/c1-13(6-8-20(2,17)18)12(16)11-9(5-7-19-11)3-4-10(14)15/h3-5,7H,6,8H2,1-2H3,(H,14,15). The van der Waals surface area contributed by atoms with Crippen molar-refractivity contribution < 1.29 is 23.1 Å². The van der Waals surface area contributed by atoms with Gasteiger partial charge in [0.15, 0.2) is 0 Å². The maximum Gasteiger partial charge on any atom is 0.328 e. The molecule has 0 aliphatic heterocycles. The second kappa shape index (κ2) is 6.67. The first-order chi connectivity index (χ1) is 9.20. The lowest BCUT2D eigenvalue weighted by molar-refractivity contribution is -0.131. The monoisotopic (exact) mass is 317 g/mol. The summed E-state index contributed by atoms with van der Waals surface area (Å²) in [5.74, 6) is -1.53. The molecular formula is C12H15NO5S2. The van der Waals surface area contributed by atoms with Gasteiger partial charge in [-0.3, -0.25) is 4.79 Å². The van der Waals surface area contributed by atoms with Crippen molar-refractivity contribution in [1.29, 1.82) is 0 Å². The van der Waals surface area contributed by atoms with Gasteiger partial charge in [-0.15, -0.1) is 11.3 Å². The molecule has 0 aliphatic rings. The number of sulfone groups is 1. The minimum Gasteiger partial charge on any atom is -0.478 e. The third-order valence-electron chi connectivity index (χ3n) is 2.44. The molecule has 1 amide bonds. The summed E-state index contributed by atoms with van der Waals surface area (Å²) in [5.41, 5.74) is 0.508. The van der Waals surface area contributed by atoms with Crippen LogP contribution in [0.25, 0.3) is 6.08 Å². The van der Waals surface area contributed by atoms with Crippen LogP contribution in [0, 0.1) is 0 Å². The van der Waals surface area contributed by atoms with Gasteiger partial charge in [0.25, 0.3) is 5.91 Å². The smallest absolute Gasteiger partial charge is 0.328 e. The number of aliphatic carboxylic acids is 1. The van der Waals surface area contributed by atoms with Crippen LogP contribution < -0.4 is 0 Å². The molecule has 1 heterocycles. The number of carboxylic acid groups (broad SMARTS) is 1. The zero-order chi connectivity index (χ0) is 15.3. The van der Waals surface area contributed by atoms with Crippen molar-refractivity contribution in [3.05, 3.63) is 28.0 Å². The van der Waals surface area contributed by atoms with Crippen LogP contribution >= 0.6 is 11.3 Å². The Balaban J connectivity index is 2.82. The molecule has 20 heavy (non-hydrogen) atoms. The molecule has 0 unspecified atom stereocenters. The summed E-state index contributed by atoms with van der Waals surface area (Å²) in [6.07, 6.45) is 3.41. The summed E-state index contributed by atoms with van der Waals surface area (Å²) in [5, 5.41) is 10.3. The van der Waals surface area contributed by atoms with Gasteiger partial charge in [0.05, 0.1) is 10.6 Å². The van der Waals surface area contributed by atoms with E-state index in [0.717, 1.165) is 12.3 Å². The quantitative estimate of drug-likeness (QED) is 0.789. The number of carboxylic acids is 1. The molecule has 6 nitrogen and oxygen atoms in total. The fraction of sp³-hybridized carbons (Fsp3) is 0.333. The summed E-state index contributed by atoms with van der Waals surface area (Å²) < 4.78 is 22.2. The number of hydrogen-bond donors (Lipinski definition) is 1. The van der Waals surface area contributed by atoms with E-state index in [4.69, 9.17) is 5.11 Å². The summed E-state index contributed by atoms with van der Waals surface area (Å²) in [7, 11) is -1.62. The first-order valence-corrected chi connectivity index (χ1v) is 8.56. The van der Waals surface area contributed by atoms with Gasteiger partial charge in [-0.1, -0.05) is 0 Å². The van der Waals surface area contributed by atoms with E-state index < -0.39 is 15.8 Å². The van der Waals surface area contributed by atoms with Crippen molar-refractivity contribution in [1.82, 2.24) is 4.90 Å². The Hall–Kier alpha value is -1.67. The highest BCUT2D eigenvalue weighted by atomic mass is 32.2. The molecule has 1 rings (SSSR count). The van der Waals surface area contributed by atoms with E-state index in [-0.39, 0.29) is 18.2 Å². The van der Waals surface area contributed by atoms with Gasteiger partial charge in [-0.2, -0.15) is 0 Å². The highest BCUT2D eigenvalue weighted by molar-refractivity contribution is 7.90. The van der Waals surface area contributed by atoms with Crippen LogP contribution in [0.3, 0.4) is 0 Å². The number of nitrogens with zero attached hydrogens (tertiary/aromatic N) is 1. The van der Waals surface area contributed by atoms with E-state index in [2.05, 4.69) is 0 Å². The normalized spacial score (nSPS) is 11.7. The second-order valence-corrected chi connectivity index (χ2v) is 7.41. The van der Waals surface area contributed by atoms with Crippen molar-refractivity contribution in [3.63, 3.8) is 0 Å². The van der Waals surface area contributed by atoms with E-state index in [1.54, 1.807) is 11.4 Å². The van der Waals surface area contributed by atoms with Crippen LogP contribution in [0.15, 0.2) is 17.5 Å². The maximum absolute atomic E-state index is 12.1. The highest BCUT2D eigenvalue weighted by Gasteiger charge is 2.17. The number of rotatable bonds is 6. The van der Waals surface area contributed by atoms with Gasteiger partial charge in [0.2, 0.25) is 0 Å². The zero-order valence-electron chi connectivity index (χ0n) is 11.1. The van der Waals surface area contributed by atoms with E-state index in [1.165, 1.54) is 29.4 Å². The fourth-order valence-electron chi connectivity index (χ4n) is 1.36. The Bertz CT molecular complexity index is 630. The molecule has 0 saturated carbocycles. The second-order valence-electron chi connectivity index (χ2n) is 4.23. The summed E-state index contributed by atoms with van der Waals surface area (Å²) >= 11 is 1.19. The molecule has 0 atom stereocenters. The molecule has 1 aromatic heterocycles. The first-order valence-electron chi connectivity index (χ1n) is 5.62. The lowest BCUT2D eigenvalue weighted by atomic mass is 10.2. The summed E-state index contributed by atoms with van der Waals surface area (Å²) in [6.45, 7) is 0.0949. The minimum absolute atomic E-state index is 0.0949. The van der Waals surface area contributed by atoms with E-state index in [9.17, 15) is 18.0 Å². The topological polar surface area (TPSA) is 91.8 Å².